The number of hydrogen-bond donors (Lipinski definition) is 1. The van der Waals surface area contributed by atoms with E-state index in [1.165, 1.54) is 15.6 Å². The standard InChI is InChI=1S/C16H18N2O3S/c1(2-16-18-12-5-6-17-9-15(12)22-16)7-19-11-3-4-13-14(8-11)21-10-20-13/h3-4,8,17H,1-2,5-7,9-10H2. The van der Waals surface area contributed by atoms with Gasteiger partial charge in [0.2, 0.25) is 6.79 Å². The van der Waals surface area contributed by atoms with E-state index in [1.54, 1.807) is 0 Å². The van der Waals surface area contributed by atoms with Gasteiger partial charge in [-0.1, -0.05) is 0 Å². The summed E-state index contributed by atoms with van der Waals surface area (Å²) in [5.74, 6) is 2.37. The van der Waals surface area contributed by atoms with E-state index in [0.29, 0.717) is 13.4 Å². The first-order valence-corrected chi connectivity index (χ1v) is 8.41. The van der Waals surface area contributed by atoms with Crippen LogP contribution in [0.25, 0.3) is 0 Å². The zero-order chi connectivity index (χ0) is 14.8. The Balaban J connectivity index is 1.28. The summed E-state index contributed by atoms with van der Waals surface area (Å²) >= 11 is 1.83. The van der Waals surface area contributed by atoms with Gasteiger partial charge in [-0.2, -0.15) is 0 Å². The Hall–Kier alpha value is -1.79. The second-order valence-corrected chi connectivity index (χ2v) is 6.54. The molecule has 0 unspecified atom stereocenters. The number of ether oxygens (including phenoxy) is 3. The highest BCUT2D eigenvalue weighted by molar-refractivity contribution is 7.11. The molecule has 0 radical (unpaired) electrons. The summed E-state index contributed by atoms with van der Waals surface area (Å²) in [6, 6.07) is 5.69. The largest absolute Gasteiger partial charge is 0.493 e. The molecular formula is C16H18N2O3S. The molecule has 0 atom stereocenters. The van der Waals surface area contributed by atoms with Gasteiger partial charge in [-0.15, -0.1) is 11.3 Å². The molecule has 116 valence electrons. The van der Waals surface area contributed by atoms with Crippen LogP contribution in [0, 0.1) is 0 Å². The summed E-state index contributed by atoms with van der Waals surface area (Å²) < 4.78 is 16.4. The fourth-order valence-corrected chi connectivity index (χ4v) is 3.79. The van der Waals surface area contributed by atoms with E-state index in [4.69, 9.17) is 19.2 Å². The van der Waals surface area contributed by atoms with Crippen LogP contribution in [0.4, 0.5) is 0 Å². The summed E-state index contributed by atoms with van der Waals surface area (Å²) in [6.07, 6.45) is 3.00. The number of nitrogens with zero attached hydrogens (tertiary/aromatic N) is 1. The van der Waals surface area contributed by atoms with Crippen molar-refractivity contribution < 1.29 is 14.2 Å². The number of benzene rings is 1. The van der Waals surface area contributed by atoms with Gasteiger partial charge in [0.25, 0.3) is 0 Å². The van der Waals surface area contributed by atoms with E-state index in [1.807, 2.05) is 29.5 Å². The van der Waals surface area contributed by atoms with Crippen molar-refractivity contribution in [1.82, 2.24) is 10.3 Å². The molecule has 0 bridgehead atoms. The number of thiazole rings is 1. The second-order valence-electron chi connectivity index (χ2n) is 5.37. The summed E-state index contributed by atoms with van der Waals surface area (Å²) in [4.78, 5) is 6.13. The number of nitrogens with one attached hydrogen (secondary N) is 1. The van der Waals surface area contributed by atoms with Crippen molar-refractivity contribution in [3.05, 3.63) is 33.8 Å². The van der Waals surface area contributed by atoms with Crippen molar-refractivity contribution >= 4 is 11.3 Å². The number of hydrogen-bond acceptors (Lipinski definition) is 6. The minimum absolute atomic E-state index is 0.294. The van der Waals surface area contributed by atoms with Crippen LogP contribution in [0.1, 0.15) is 22.0 Å². The zero-order valence-corrected chi connectivity index (χ0v) is 13.1. The van der Waals surface area contributed by atoms with E-state index in [9.17, 15) is 0 Å². The molecule has 5 nitrogen and oxygen atoms in total. The van der Waals surface area contributed by atoms with Crippen molar-refractivity contribution in [2.45, 2.75) is 25.8 Å². The van der Waals surface area contributed by atoms with E-state index < -0.39 is 0 Å². The zero-order valence-electron chi connectivity index (χ0n) is 12.3. The van der Waals surface area contributed by atoms with Crippen molar-refractivity contribution in [1.29, 1.82) is 0 Å². The summed E-state index contributed by atoms with van der Waals surface area (Å²) in [6.45, 7) is 2.99. The van der Waals surface area contributed by atoms with Gasteiger partial charge in [0, 0.05) is 36.9 Å². The fraction of sp³-hybridized carbons (Fsp3) is 0.438. The number of fused-ring (bicyclic) bond motifs is 2. The normalized spacial score (nSPS) is 15.6. The van der Waals surface area contributed by atoms with Gasteiger partial charge in [0.15, 0.2) is 11.5 Å². The predicted molar refractivity (Wildman–Crippen MR) is 83.9 cm³/mol. The lowest BCUT2D eigenvalue weighted by molar-refractivity contribution is 0.173. The first-order chi connectivity index (χ1) is 10.9. The molecule has 0 aliphatic carbocycles. The molecule has 0 spiro atoms. The molecule has 22 heavy (non-hydrogen) atoms. The molecule has 2 aliphatic rings. The van der Waals surface area contributed by atoms with Gasteiger partial charge in [0.1, 0.15) is 5.75 Å². The van der Waals surface area contributed by atoms with Crippen LogP contribution in [0.15, 0.2) is 18.2 Å². The van der Waals surface area contributed by atoms with Crippen LogP contribution in [-0.4, -0.2) is 24.9 Å². The van der Waals surface area contributed by atoms with Crippen molar-refractivity contribution in [2.24, 2.45) is 0 Å². The maximum Gasteiger partial charge on any atom is 0.231 e. The number of rotatable bonds is 5. The SMILES string of the molecule is c1cc2c(cc1OCCCc1nc3c(s1)CNCC3)OCO2. The quantitative estimate of drug-likeness (QED) is 0.859. The molecule has 0 fully saturated rings. The maximum atomic E-state index is 5.78. The topological polar surface area (TPSA) is 52.6 Å². The van der Waals surface area contributed by atoms with E-state index in [-0.39, 0.29) is 0 Å². The molecule has 3 heterocycles. The van der Waals surface area contributed by atoms with Crippen molar-refractivity contribution in [3.8, 4) is 17.2 Å². The highest BCUT2D eigenvalue weighted by Gasteiger charge is 2.15. The molecule has 0 saturated heterocycles. The molecule has 1 N–H and O–H groups in total. The lowest BCUT2D eigenvalue weighted by Crippen LogP contribution is -2.22. The summed E-state index contributed by atoms with van der Waals surface area (Å²) in [5.41, 5.74) is 1.29. The molecule has 2 aliphatic heterocycles. The Morgan fingerprint density at radius 2 is 2.23 bits per heavy atom. The van der Waals surface area contributed by atoms with Gasteiger partial charge in [-0.05, 0) is 18.6 Å². The van der Waals surface area contributed by atoms with Crippen LogP contribution < -0.4 is 19.5 Å². The first kappa shape index (κ1) is 13.8. The minimum atomic E-state index is 0.294. The van der Waals surface area contributed by atoms with Gasteiger partial charge >= 0.3 is 0 Å². The van der Waals surface area contributed by atoms with Gasteiger partial charge in [-0.25, -0.2) is 4.98 Å². The van der Waals surface area contributed by atoms with Crippen LogP contribution in [-0.2, 0) is 19.4 Å². The third-order valence-corrected chi connectivity index (χ3v) is 4.95. The molecule has 0 amide bonds. The van der Waals surface area contributed by atoms with E-state index >= 15 is 0 Å². The Labute approximate surface area is 133 Å². The molecule has 6 heteroatoms. The van der Waals surface area contributed by atoms with Crippen molar-refractivity contribution in [2.75, 3.05) is 19.9 Å². The highest BCUT2D eigenvalue weighted by atomic mass is 32.1. The van der Waals surface area contributed by atoms with Crippen molar-refractivity contribution in [3.63, 3.8) is 0 Å². The van der Waals surface area contributed by atoms with Gasteiger partial charge < -0.3 is 19.5 Å². The molecule has 1 aromatic heterocycles. The Bertz CT molecular complexity index is 648. The molecule has 0 saturated carbocycles. The average molecular weight is 318 g/mol. The summed E-state index contributed by atoms with van der Waals surface area (Å²) in [5, 5.41) is 4.61. The Morgan fingerprint density at radius 3 is 3.18 bits per heavy atom. The average Bonchev–Trinajstić information content (AvgIpc) is 3.17. The van der Waals surface area contributed by atoms with Gasteiger partial charge in [0.05, 0.1) is 17.3 Å². The van der Waals surface area contributed by atoms with E-state index in [2.05, 4.69) is 5.32 Å². The minimum Gasteiger partial charge on any atom is -0.493 e. The molecule has 1 aromatic carbocycles. The lowest BCUT2D eigenvalue weighted by Gasteiger charge is -2.09. The van der Waals surface area contributed by atoms with Crippen LogP contribution in [0.3, 0.4) is 0 Å². The monoisotopic (exact) mass is 318 g/mol. The van der Waals surface area contributed by atoms with Crippen LogP contribution in [0.2, 0.25) is 0 Å². The maximum absolute atomic E-state index is 5.78. The fourth-order valence-electron chi connectivity index (χ4n) is 2.67. The number of aryl methyl sites for hydroxylation is 1. The Morgan fingerprint density at radius 1 is 1.27 bits per heavy atom. The summed E-state index contributed by atoms with van der Waals surface area (Å²) in [7, 11) is 0. The second kappa shape index (κ2) is 6.14. The Kier molecular flexibility index (Phi) is 3.86. The van der Waals surface area contributed by atoms with E-state index in [0.717, 1.165) is 49.6 Å². The first-order valence-electron chi connectivity index (χ1n) is 7.59. The smallest absolute Gasteiger partial charge is 0.231 e. The molecule has 2 aromatic rings. The number of aromatic nitrogens is 1. The van der Waals surface area contributed by atoms with Gasteiger partial charge in [-0.3, -0.25) is 0 Å². The molecule has 4 rings (SSSR count). The van der Waals surface area contributed by atoms with Crippen LogP contribution >= 0.6 is 11.3 Å². The molecular weight excluding hydrogens is 300 g/mol. The highest BCUT2D eigenvalue weighted by Crippen LogP contribution is 2.35. The lowest BCUT2D eigenvalue weighted by atomic mass is 10.2. The third kappa shape index (κ3) is 2.89. The van der Waals surface area contributed by atoms with Crippen LogP contribution in [0.5, 0.6) is 17.2 Å². The third-order valence-electron chi connectivity index (χ3n) is 3.79. The predicted octanol–water partition coefficient (Wildman–Crippen LogP) is 2.53.